The van der Waals surface area contributed by atoms with Crippen LogP contribution >= 0.6 is 0 Å². The van der Waals surface area contributed by atoms with Crippen molar-refractivity contribution in [3.05, 3.63) is 90.3 Å². The highest BCUT2D eigenvalue weighted by molar-refractivity contribution is 5.66. The summed E-state index contributed by atoms with van der Waals surface area (Å²) in [4.78, 5) is 17.8. The summed E-state index contributed by atoms with van der Waals surface area (Å²) in [6, 6.07) is 20.8. The van der Waals surface area contributed by atoms with Gasteiger partial charge in [-0.25, -0.2) is 4.79 Å². The van der Waals surface area contributed by atoms with Gasteiger partial charge in [0, 0.05) is 30.0 Å². The molecule has 0 saturated heterocycles. The molecular formula is C28H35N3O3. The number of aromatic nitrogens is 1. The van der Waals surface area contributed by atoms with Crippen LogP contribution in [0.25, 0.3) is 11.1 Å². The fraction of sp³-hybridized carbons (Fsp3) is 0.357. The van der Waals surface area contributed by atoms with Gasteiger partial charge in [0.05, 0.1) is 6.10 Å². The molecule has 0 bridgehead atoms. The monoisotopic (exact) mass is 461 g/mol. The zero-order valence-corrected chi connectivity index (χ0v) is 20.1. The molecule has 2 aromatic carbocycles. The average Bonchev–Trinajstić information content (AvgIpc) is 2.79. The quantitative estimate of drug-likeness (QED) is 0.427. The van der Waals surface area contributed by atoms with Crippen molar-refractivity contribution in [3.63, 3.8) is 0 Å². The average molecular weight is 462 g/mol. The van der Waals surface area contributed by atoms with Crippen molar-refractivity contribution in [2.24, 2.45) is 5.73 Å². The Labute approximate surface area is 202 Å². The fourth-order valence-electron chi connectivity index (χ4n) is 4.39. The number of rotatable bonds is 9. The van der Waals surface area contributed by atoms with Gasteiger partial charge in [-0.05, 0) is 68.4 Å². The number of nitrogens with two attached hydrogens (primary N) is 1. The molecule has 0 aliphatic rings. The van der Waals surface area contributed by atoms with Gasteiger partial charge in [-0.1, -0.05) is 60.7 Å². The third-order valence-electron chi connectivity index (χ3n) is 6.04. The molecule has 3 rings (SSSR count). The van der Waals surface area contributed by atoms with Crippen LogP contribution in [0.2, 0.25) is 0 Å². The molecule has 0 spiro atoms. The second-order valence-corrected chi connectivity index (χ2v) is 9.78. The number of carbonyl (C=O) groups is 1. The molecule has 0 radical (unpaired) electrons. The first-order valence-corrected chi connectivity index (χ1v) is 11.6. The Morgan fingerprint density at radius 1 is 0.941 bits per heavy atom. The molecule has 6 heteroatoms. The highest BCUT2D eigenvalue weighted by atomic mass is 16.4. The van der Waals surface area contributed by atoms with E-state index in [4.69, 9.17) is 5.73 Å². The third-order valence-corrected chi connectivity index (χ3v) is 6.04. The number of aliphatic hydroxyl groups is 1. The van der Waals surface area contributed by atoms with E-state index < -0.39 is 29.8 Å². The van der Waals surface area contributed by atoms with Gasteiger partial charge in [-0.15, -0.1) is 0 Å². The Balaban J connectivity index is 1.72. The molecular weight excluding hydrogens is 426 g/mol. The summed E-state index contributed by atoms with van der Waals surface area (Å²) in [7, 11) is 0. The van der Waals surface area contributed by atoms with Crippen LogP contribution in [0.3, 0.4) is 0 Å². The first kappa shape index (κ1) is 25.4. The van der Waals surface area contributed by atoms with E-state index in [1.165, 1.54) is 4.90 Å². The number of hydrogen-bond donors (Lipinski definition) is 3. The van der Waals surface area contributed by atoms with Crippen LogP contribution in [-0.4, -0.2) is 49.9 Å². The number of carboxylic acid groups (broad SMARTS) is 1. The molecule has 0 fully saturated rings. The molecule has 3 atom stereocenters. The topological polar surface area (TPSA) is 99.7 Å². The van der Waals surface area contributed by atoms with Crippen LogP contribution in [0, 0.1) is 0 Å². The van der Waals surface area contributed by atoms with E-state index in [-0.39, 0.29) is 6.42 Å². The predicted octanol–water partition coefficient (Wildman–Crippen LogP) is 4.76. The molecule has 4 N–H and O–H groups in total. The summed E-state index contributed by atoms with van der Waals surface area (Å²) in [5.74, 6) is 0. The van der Waals surface area contributed by atoms with Gasteiger partial charge in [-0.3, -0.25) is 4.98 Å². The van der Waals surface area contributed by atoms with Gasteiger partial charge in [-0.2, -0.15) is 0 Å². The smallest absolute Gasteiger partial charge is 0.407 e. The van der Waals surface area contributed by atoms with Crippen molar-refractivity contribution in [1.82, 2.24) is 9.88 Å². The van der Waals surface area contributed by atoms with E-state index in [0.717, 1.165) is 22.3 Å². The summed E-state index contributed by atoms with van der Waals surface area (Å²) in [5, 5.41) is 21.0. The Morgan fingerprint density at radius 2 is 1.59 bits per heavy atom. The van der Waals surface area contributed by atoms with E-state index in [1.54, 1.807) is 6.20 Å². The van der Waals surface area contributed by atoms with Gasteiger partial charge in [0.1, 0.15) is 0 Å². The van der Waals surface area contributed by atoms with Gasteiger partial charge >= 0.3 is 6.09 Å². The van der Waals surface area contributed by atoms with Crippen molar-refractivity contribution in [2.45, 2.75) is 63.8 Å². The van der Waals surface area contributed by atoms with Gasteiger partial charge in [0.25, 0.3) is 0 Å². The van der Waals surface area contributed by atoms with Gasteiger partial charge < -0.3 is 20.8 Å². The molecule has 6 nitrogen and oxygen atoms in total. The molecule has 180 valence electrons. The highest BCUT2D eigenvalue weighted by Crippen LogP contribution is 2.25. The van der Waals surface area contributed by atoms with Crippen LogP contribution in [0.4, 0.5) is 4.79 Å². The van der Waals surface area contributed by atoms with E-state index in [9.17, 15) is 15.0 Å². The van der Waals surface area contributed by atoms with Gasteiger partial charge in [0.2, 0.25) is 0 Å². The second kappa shape index (κ2) is 11.3. The van der Waals surface area contributed by atoms with Crippen LogP contribution in [-0.2, 0) is 12.8 Å². The number of amides is 1. The van der Waals surface area contributed by atoms with Crippen LogP contribution in [0.1, 0.15) is 38.3 Å². The van der Waals surface area contributed by atoms with Crippen molar-refractivity contribution in [3.8, 4) is 11.1 Å². The minimum Gasteiger partial charge on any atom is -0.465 e. The number of benzene rings is 2. The van der Waals surface area contributed by atoms with Crippen molar-refractivity contribution >= 4 is 6.09 Å². The third kappa shape index (κ3) is 6.89. The molecule has 3 aromatic rings. The number of nitrogens with zero attached hydrogens (tertiary/aromatic N) is 2. The van der Waals surface area contributed by atoms with E-state index >= 15 is 0 Å². The first-order chi connectivity index (χ1) is 16.1. The lowest BCUT2D eigenvalue weighted by molar-refractivity contribution is 0.0389. The Bertz CT molecular complexity index is 1030. The van der Waals surface area contributed by atoms with E-state index in [2.05, 4.69) is 4.98 Å². The molecule has 34 heavy (non-hydrogen) atoms. The standard InChI is InChI=1S/C28H35N3O3/c1-28(2,3)31(27(33)34)24(16-20-8-5-4-6-9-20)18-26(32)25(29)17-21-11-13-22(14-12-21)23-10-7-15-30-19-23/h4-15,19,24-26,32H,16-18,29H2,1-3H3,(H,33,34)/t24-,25-,26-/m0/s1. The Morgan fingerprint density at radius 3 is 2.15 bits per heavy atom. The largest absolute Gasteiger partial charge is 0.465 e. The van der Waals surface area contributed by atoms with Crippen LogP contribution < -0.4 is 5.73 Å². The molecule has 1 aromatic heterocycles. The zero-order valence-electron chi connectivity index (χ0n) is 20.1. The second-order valence-electron chi connectivity index (χ2n) is 9.78. The zero-order chi connectivity index (χ0) is 24.7. The maximum atomic E-state index is 12.2. The molecule has 0 aliphatic carbocycles. The summed E-state index contributed by atoms with van der Waals surface area (Å²) in [6.07, 6.45) is 2.97. The number of aliphatic hydroxyl groups excluding tert-OH is 1. The number of hydrogen-bond acceptors (Lipinski definition) is 4. The predicted molar refractivity (Wildman–Crippen MR) is 136 cm³/mol. The first-order valence-electron chi connectivity index (χ1n) is 11.6. The summed E-state index contributed by atoms with van der Waals surface area (Å²) in [6.45, 7) is 5.61. The van der Waals surface area contributed by atoms with E-state index in [1.807, 2.05) is 93.7 Å². The van der Waals surface area contributed by atoms with Crippen molar-refractivity contribution < 1.29 is 15.0 Å². The normalized spacial score (nSPS) is 14.3. The summed E-state index contributed by atoms with van der Waals surface area (Å²) >= 11 is 0. The maximum Gasteiger partial charge on any atom is 0.407 e. The molecule has 1 heterocycles. The minimum absolute atomic E-state index is 0.257. The fourth-order valence-corrected chi connectivity index (χ4v) is 4.39. The number of pyridine rings is 1. The Kier molecular flexibility index (Phi) is 8.42. The SMILES string of the molecule is CC(C)(C)N(C(=O)O)[C@@H](Cc1ccccc1)C[C@H](O)[C@@H](N)Cc1ccc(-c2cccnc2)cc1. The van der Waals surface area contributed by atoms with Gasteiger partial charge in [0.15, 0.2) is 0 Å². The summed E-state index contributed by atoms with van der Waals surface area (Å²) in [5.41, 5.74) is 9.93. The molecule has 1 amide bonds. The molecule has 0 aliphatic heterocycles. The lowest BCUT2D eigenvalue weighted by atomic mass is 9.91. The van der Waals surface area contributed by atoms with Crippen molar-refractivity contribution in [1.29, 1.82) is 0 Å². The lowest BCUT2D eigenvalue weighted by Crippen LogP contribution is -2.54. The minimum atomic E-state index is -1.000. The lowest BCUT2D eigenvalue weighted by Gasteiger charge is -2.41. The summed E-state index contributed by atoms with van der Waals surface area (Å²) < 4.78 is 0. The van der Waals surface area contributed by atoms with Crippen molar-refractivity contribution in [2.75, 3.05) is 0 Å². The Hall–Kier alpha value is -3.22. The molecule has 0 unspecified atom stereocenters. The highest BCUT2D eigenvalue weighted by Gasteiger charge is 2.35. The van der Waals surface area contributed by atoms with Crippen LogP contribution in [0.15, 0.2) is 79.1 Å². The molecule has 0 saturated carbocycles. The van der Waals surface area contributed by atoms with Crippen LogP contribution in [0.5, 0.6) is 0 Å². The van der Waals surface area contributed by atoms with E-state index in [0.29, 0.717) is 12.8 Å². The maximum absolute atomic E-state index is 12.2.